The fourth-order valence-corrected chi connectivity index (χ4v) is 2.58. The molecular formula is C19H16N6O2. The lowest BCUT2D eigenvalue weighted by molar-refractivity contribution is -0.114. The second kappa shape index (κ2) is 6.75. The molecule has 3 N–H and O–H groups in total. The summed E-state index contributed by atoms with van der Waals surface area (Å²) in [4.78, 5) is 24.2. The number of pyridine rings is 1. The minimum absolute atomic E-state index is 0.175. The van der Waals surface area contributed by atoms with Crippen LogP contribution in [0.2, 0.25) is 0 Å². The van der Waals surface area contributed by atoms with Crippen molar-refractivity contribution < 1.29 is 9.53 Å². The van der Waals surface area contributed by atoms with Gasteiger partial charge in [-0.3, -0.25) is 4.79 Å². The Kier molecular flexibility index (Phi) is 4.13. The van der Waals surface area contributed by atoms with Crippen LogP contribution in [0.1, 0.15) is 6.92 Å². The van der Waals surface area contributed by atoms with Gasteiger partial charge in [0, 0.05) is 18.7 Å². The molecule has 3 aromatic heterocycles. The average Bonchev–Trinajstić information content (AvgIpc) is 3.05. The van der Waals surface area contributed by atoms with E-state index < -0.39 is 0 Å². The van der Waals surface area contributed by atoms with Crippen molar-refractivity contribution in [3.8, 4) is 22.9 Å². The lowest BCUT2D eigenvalue weighted by atomic mass is 10.2. The molecule has 1 amide bonds. The molecule has 0 saturated carbocycles. The number of aromatic nitrogens is 4. The van der Waals surface area contributed by atoms with Crippen molar-refractivity contribution in [3.05, 3.63) is 61.1 Å². The number of carbonyl (C=O) groups excluding carboxylic acids is 1. The number of anilines is 2. The van der Waals surface area contributed by atoms with Crippen LogP contribution in [-0.4, -0.2) is 25.3 Å². The van der Waals surface area contributed by atoms with Gasteiger partial charge < -0.3 is 20.2 Å². The molecule has 0 aliphatic rings. The zero-order valence-corrected chi connectivity index (χ0v) is 14.5. The van der Waals surface area contributed by atoms with E-state index in [-0.39, 0.29) is 17.6 Å². The molecule has 4 aromatic rings. The van der Waals surface area contributed by atoms with Crippen molar-refractivity contribution >= 4 is 23.2 Å². The molecule has 0 spiro atoms. The summed E-state index contributed by atoms with van der Waals surface area (Å²) in [5.41, 5.74) is 8.01. The molecule has 0 unspecified atom stereocenters. The van der Waals surface area contributed by atoms with Gasteiger partial charge >= 0.3 is 0 Å². The van der Waals surface area contributed by atoms with Crippen LogP contribution in [0.15, 0.2) is 61.1 Å². The molecule has 0 aliphatic heterocycles. The van der Waals surface area contributed by atoms with Gasteiger partial charge in [-0.2, -0.15) is 0 Å². The van der Waals surface area contributed by atoms with Crippen molar-refractivity contribution in [3.63, 3.8) is 0 Å². The molecule has 1 aromatic carbocycles. The Bertz CT molecular complexity index is 1120. The quantitative estimate of drug-likeness (QED) is 0.579. The molecule has 3 heterocycles. The van der Waals surface area contributed by atoms with Gasteiger partial charge in [0.05, 0.1) is 18.1 Å². The van der Waals surface area contributed by atoms with Crippen LogP contribution in [0, 0.1) is 0 Å². The molecule has 27 heavy (non-hydrogen) atoms. The maximum absolute atomic E-state index is 11.2. The summed E-state index contributed by atoms with van der Waals surface area (Å²) in [7, 11) is 0. The minimum Gasteiger partial charge on any atom is -0.436 e. The van der Waals surface area contributed by atoms with Crippen LogP contribution in [0.3, 0.4) is 0 Å². The van der Waals surface area contributed by atoms with Gasteiger partial charge in [0.25, 0.3) is 5.88 Å². The highest BCUT2D eigenvalue weighted by atomic mass is 16.5. The number of nitrogens with zero attached hydrogens (tertiary/aromatic N) is 4. The van der Waals surface area contributed by atoms with Crippen LogP contribution in [0.4, 0.5) is 11.6 Å². The molecule has 0 fully saturated rings. The van der Waals surface area contributed by atoms with E-state index in [1.54, 1.807) is 16.8 Å². The zero-order chi connectivity index (χ0) is 18.8. The Balaban J connectivity index is 1.68. The first kappa shape index (κ1) is 16.5. The summed E-state index contributed by atoms with van der Waals surface area (Å²) in [6.07, 6.45) is 5.16. The van der Waals surface area contributed by atoms with Gasteiger partial charge in [0.2, 0.25) is 5.91 Å². The number of rotatable bonds is 4. The summed E-state index contributed by atoms with van der Waals surface area (Å²) < 4.78 is 7.54. The maximum atomic E-state index is 11.2. The molecule has 0 radical (unpaired) electrons. The third-order valence-corrected chi connectivity index (χ3v) is 3.78. The lowest BCUT2D eigenvalue weighted by Crippen LogP contribution is -2.05. The summed E-state index contributed by atoms with van der Waals surface area (Å²) in [5, 5.41) is 2.66. The smallest absolute Gasteiger partial charge is 0.263 e. The van der Waals surface area contributed by atoms with E-state index in [2.05, 4.69) is 20.3 Å². The number of amides is 1. The van der Waals surface area contributed by atoms with Crippen LogP contribution in [-0.2, 0) is 4.79 Å². The number of nitrogen functional groups attached to an aromatic ring is 1. The predicted octanol–water partition coefficient (Wildman–Crippen LogP) is 3.12. The average molecular weight is 360 g/mol. The van der Waals surface area contributed by atoms with Crippen LogP contribution >= 0.6 is 0 Å². The first-order valence-corrected chi connectivity index (χ1v) is 8.20. The SMILES string of the molecule is CC(=O)Nc1cn2cc(-c3cnc(N)c(Oc4ccccc4)n3)ccc2n1. The molecule has 134 valence electrons. The highest BCUT2D eigenvalue weighted by Gasteiger charge is 2.11. The standard InChI is InChI=1S/C19H16N6O2/c1-12(26)22-16-11-25-10-13(7-8-17(25)24-16)15-9-21-18(20)19(23-15)27-14-5-3-2-4-6-14/h2-11H,1H3,(H2,20,21)(H,22,26). The molecule has 0 bridgehead atoms. The zero-order valence-electron chi connectivity index (χ0n) is 14.5. The third kappa shape index (κ3) is 3.54. The van der Waals surface area contributed by atoms with E-state index in [9.17, 15) is 4.79 Å². The normalized spacial score (nSPS) is 10.7. The Morgan fingerprint density at radius 3 is 2.70 bits per heavy atom. The predicted molar refractivity (Wildman–Crippen MR) is 101 cm³/mol. The Labute approximate surface area is 154 Å². The number of nitrogens with two attached hydrogens (primary N) is 1. The summed E-state index contributed by atoms with van der Waals surface area (Å²) in [5.74, 6) is 1.38. The molecule has 8 heteroatoms. The summed E-state index contributed by atoms with van der Waals surface area (Å²) in [6, 6.07) is 12.9. The van der Waals surface area contributed by atoms with Gasteiger partial charge in [-0.15, -0.1) is 0 Å². The largest absolute Gasteiger partial charge is 0.436 e. The Morgan fingerprint density at radius 2 is 1.93 bits per heavy atom. The van der Waals surface area contributed by atoms with Crippen molar-refractivity contribution in [1.29, 1.82) is 0 Å². The number of imidazole rings is 1. The maximum Gasteiger partial charge on any atom is 0.263 e. The van der Waals surface area contributed by atoms with E-state index in [0.29, 0.717) is 22.9 Å². The van der Waals surface area contributed by atoms with Crippen molar-refractivity contribution in [1.82, 2.24) is 19.4 Å². The number of fused-ring (bicyclic) bond motifs is 1. The molecule has 4 rings (SSSR count). The first-order chi connectivity index (χ1) is 13.1. The second-order valence-corrected chi connectivity index (χ2v) is 5.85. The Morgan fingerprint density at radius 1 is 1.11 bits per heavy atom. The monoisotopic (exact) mass is 360 g/mol. The fourth-order valence-electron chi connectivity index (χ4n) is 2.58. The number of ether oxygens (including phenoxy) is 1. The van der Waals surface area contributed by atoms with Gasteiger partial charge in [0.1, 0.15) is 11.4 Å². The van der Waals surface area contributed by atoms with Gasteiger partial charge in [-0.05, 0) is 24.3 Å². The molecule has 0 saturated heterocycles. The van der Waals surface area contributed by atoms with Gasteiger partial charge in [0.15, 0.2) is 11.6 Å². The van der Waals surface area contributed by atoms with Crippen molar-refractivity contribution in [2.45, 2.75) is 6.92 Å². The Hall–Kier alpha value is -3.94. The number of benzene rings is 1. The second-order valence-electron chi connectivity index (χ2n) is 5.85. The summed E-state index contributed by atoms with van der Waals surface area (Å²) in [6.45, 7) is 1.44. The highest BCUT2D eigenvalue weighted by Crippen LogP contribution is 2.27. The minimum atomic E-state index is -0.175. The number of para-hydroxylation sites is 1. The van der Waals surface area contributed by atoms with E-state index >= 15 is 0 Å². The highest BCUT2D eigenvalue weighted by molar-refractivity contribution is 5.87. The third-order valence-electron chi connectivity index (χ3n) is 3.78. The van der Waals surface area contributed by atoms with Gasteiger partial charge in [-0.1, -0.05) is 18.2 Å². The number of carbonyl (C=O) groups is 1. The van der Waals surface area contributed by atoms with E-state index in [4.69, 9.17) is 10.5 Å². The molecule has 8 nitrogen and oxygen atoms in total. The van der Waals surface area contributed by atoms with Crippen LogP contribution in [0.25, 0.3) is 16.9 Å². The number of hydrogen-bond acceptors (Lipinski definition) is 6. The van der Waals surface area contributed by atoms with Crippen LogP contribution in [0.5, 0.6) is 11.6 Å². The lowest BCUT2D eigenvalue weighted by Gasteiger charge is -2.09. The number of nitrogens with one attached hydrogen (secondary N) is 1. The topological polar surface area (TPSA) is 107 Å². The number of hydrogen-bond donors (Lipinski definition) is 2. The first-order valence-electron chi connectivity index (χ1n) is 8.20. The van der Waals surface area contributed by atoms with Crippen molar-refractivity contribution in [2.24, 2.45) is 0 Å². The molecule has 0 atom stereocenters. The fraction of sp³-hybridized carbons (Fsp3) is 0.0526. The molecular weight excluding hydrogens is 344 g/mol. The van der Waals surface area contributed by atoms with E-state index in [1.807, 2.05) is 48.7 Å². The summed E-state index contributed by atoms with van der Waals surface area (Å²) >= 11 is 0. The van der Waals surface area contributed by atoms with E-state index in [0.717, 1.165) is 5.56 Å². The van der Waals surface area contributed by atoms with Gasteiger partial charge in [-0.25, -0.2) is 15.0 Å². The van der Waals surface area contributed by atoms with E-state index in [1.165, 1.54) is 6.92 Å². The molecule has 0 aliphatic carbocycles. The van der Waals surface area contributed by atoms with Crippen LogP contribution < -0.4 is 15.8 Å². The van der Waals surface area contributed by atoms with Crippen molar-refractivity contribution in [2.75, 3.05) is 11.1 Å².